The summed E-state index contributed by atoms with van der Waals surface area (Å²) < 4.78 is 2.85. The van der Waals surface area contributed by atoms with Crippen molar-refractivity contribution in [3.63, 3.8) is 0 Å². The fraction of sp³-hybridized carbons (Fsp3) is 0.238. The zero-order valence-corrected chi connectivity index (χ0v) is 19.3. The summed E-state index contributed by atoms with van der Waals surface area (Å²) in [4.78, 5) is 25.7. The van der Waals surface area contributed by atoms with E-state index in [1.54, 1.807) is 11.9 Å². The van der Waals surface area contributed by atoms with E-state index in [0.29, 0.717) is 23.2 Å². The van der Waals surface area contributed by atoms with Crippen LogP contribution in [-0.2, 0) is 16.1 Å². The predicted octanol–water partition coefficient (Wildman–Crippen LogP) is 4.05. The van der Waals surface area contributed by atoms with E-state index in [0.717, 1.165) is 15.7 Å². The number of aryl methyl sites for hydroxylation is 1. The number of hydrogen-bond acceptors (Lipinski definition) is 5. The van der Waals surface area contributed by atoms with Gasteiger partial charge in [0.25, 0.3) is 0 Å². The maximum Gasteiger partial charge on any atom is 0.233 e. The number of benzene rings is 2. The van der Waals surface area contributed by atoms with Crippen LogP contribution in [0.25, 0.3) is 5.69 Å². The van der Waals surface area contributed by atoms with Gasteiger partial charge in [0.2, 0.25) is 11.8 Å². The number of rotatable bonds is 7. The third-order valence-corrected chi connectivity index (χ3v) is 6.02. The zero-order valence-electron chi connectivity index (χ0n) is 16.9. The number of nitrogens with one attached hydrogen (secondary N) is 1. The Balaban J connectivity index is 1.70. The monoisotopic (exact) mass is 487 g/mol. The molecule has 2 amide bonds. The Hall–Kier alpha value is -2.65. The fourth-order valence-electron chi connectivity index (χ4n) is 2.87. The molecule has 0 bridgehead atoms. The molecule has 0 fully saturated rings. The molecule has 3 rings (SSSR count). The van der Waals surface area contributed by atoms with Crippen LogP contribution in [0.3, 0.4) is 0 Å². The second-order valence-electron chi connectivity index (χ2n) is 6.73. The number of anilines is 1. The molecular weight excluding hydrogens is 466 g/mol. The smallest absolute Gasteiger partial charge is 0.233 e. The number of amides is 2. The number of halogens is 1. The molecule has 0 spiro atoms. The third-order valence-electron chi connectivity index (χ3n) is 4.34. The summed E-state index contributed by atoms with van der Waals surface area (Å²) in [5.41, 5.74) is 2.56. The van der Waals surface area contributed by atoms with Crippen LogP contribution in [-0.4, -0.2) is 44.3 Å². The van der Waals surface area contributed by atoms with E-state index >= 15 is 0 Å². The van der Waals surface area contributed by atoms with Crippen molar-refractivity contribution in [2.45, 2.75) is 25.5 Å². The molecule has 3 aromatic rings. The lowest BCUT2D eigenvalue weighted by Crippen LogP contribution is -2.28. The lowest BCUT2D eigenvalue weighted by Gasteiger charge is -2.18. The fourth-order valence-corrected chi connectivity index (χ4v) is 4.21. The second-order valence-corrected chi connectivity index (χ2v) is 8.52. The van der Waals surface area contributed by atoms with Crippen LogP contribution < -0.4 is 5.32 Å². The highest BCUT2D eigenvalue weighted by Crippen LogP contribution is 2.24. The first-order valence-corrected chi connectivity index (χ1v) is 11.0. The van der Waals surface area contributed by atoms with Gasteiger partial charge in [0, 0.05) is 30.7 Å². The van der Waals surface area contributed by atoms with Gasteiger partial charge >= 0.3 is 0 Å². The summed E-state index contributed by atoms with van der Waals surface area (Å²) in [5.74, 6) is 0.798. The summed E-state index contributed by atoms with van der Waals surface area (Å²) in [7, 11) is 1.79. The van der Waals surface area contributed by atoms with Gasteiger partial charge < -0.3 is 10.2 Å². The van der Waals surface area contributed by atoms with Crippen LogP contribution >= 0.6 is 27.7 Å². The normalized spacial score (nSPS) is 10.7. The summed E-state index contributed by atoms with van der Waals surface area (Å²) in [5, 5.41) is 11.8. The molecule has 1 aromatic heterocycles. The van der Waals surface area contributed by atoms with Crippen LogP contribution in [0.4, 0.5) is 5.69 Å². The lowest BCUT2D eigenvalue weighted by molar-refractivity contribution is -0.127. The van der Waals surface area contributed by atoms with E-state index in [1.807, 2.05) is 60.0 Å². The van der Waals surface area contributed by atoms with Crippen LogP contribution in [0.5, 0.6) is 0 Å². The third kappa shape index (κ3) is 5.48. The molecule has 7 nitrogen and oxygen atoms in total. The molecule has 0 saturated carbocycles. The molecule has 0 aliphatic rings. The Morgan fingerprint density at radius 2 is 1.93 bits per heavy atom. The minimum atomic E-state index is -0.138. The van der Waals surface area contributed by atoms with Gasteiger partial charge in [-0.2, -0.15) is 0 Å². The van der Waals surface area contributed by atoms with Crippen molar-refractivity contribution in [2.75, 3.05) is 18.1 Å². The molecule has 1 heterocycles. The van der Waals surface area contributed by atoms with Gasteiger partial charge in [0.15, 0.2) is 5.16 Å². The number of nitrogens with zero attached hydrogens (tertiary/aromatic N) is 4. The summed E-state index contributed by atoms with van der Waals surface area (Å²) in [6, 6.07) is 15.3. The van der Waals surface area contributed by atoms with E-state index in [-0.39, 0.29) is 17.6 Å². The maximum absolute atomic E-state index is 12.6. The van der Waals surface area contributed by atoms with Gasteiger partial charge in [-0.25, -0.2) is 0 Å². The van der Waals surface area contributed by atoms with Crippen molar-refractivity contribution in [3.8, 4) is 5.69 Å². The van der Waals surface area contributed by atoms with Crippen LogP contribution in [0.2, 0.25) is 0 Å². The summed E-state index contributed by atoms with van der Waals surface area (Å²) in [6.07, 6.45) is 0. The van der Waals surface area contributed by atoms with E-state index in [9.17, 15) is 9.59 Å². The molecule has 156 valence electrons. The minimum Gasteiger partial charge on any atom is -0.341 e. The van der Waals surface area contributed by atoms with E-state index in [1.165, 1.54) is 18.7 Å². The second kappa shape index (κ2) is 9.90. The average Bonchev–Trinajstić information content (AvgIpc) is 3.08. The van der Waals surface area contributed by atoms with Crippen LogP contribution in [0.15, 0.2) is 58.2 Å². The molecule has 0 unspecified atom stereocenters. The quantitative estimate of drug-likeness (QED) is 0.508. The SMILES string of the molecule is CC(=O)Nc1cccc(-n2c(C)nnc2SCC(=O)N(C)Cc2ccccc2Br)c1. The number of aromatic nitrogens is 3. The van der Waals surface area contributed by atoms with Crippen molar-refractivity contribution in [1.82, 2.24) is 19.7 Å². The number of carbonyl (C=O) groups excluding carboxylic acids is 2. The molecule has 1 N–H and O–H groups in total. The van der Waals surface area contributed by atoms with E-state index in [4.69, 9.17) is 0 Å². The molecule has 30 heavy (non-hydrogen) atoms. The Bertz CT molecular complexity index is 1070. The molecular formula is C21H22BrN5O2S. The highest BCUT2D eigenvalue weighted by atomic mass is 79.9. The number of carbonyl (C=O) groups is 2. The molecule has 0 radical (unpaired) electrons. The molecule has 9 heteroatoms. The Kier molecular flexibility index (Phi) is 7.28. The van der Waals surface area contributed by atoms with Crippen molar-refractivity contribution in [3.05, 3.63) is 64.4 Å². The van der Waals surface area contributed by atoms with Crippen molar-refractivity contribution in [1.29, 1.82) is 0 Å². The van der Waals surface area contributed by atoms with Gasteiger partial charge in [0.05, 0.1) is 11.4 Å². The molecule has 0 aliphatic carbocycles. The van der Waals surface area contributed by atoms with Gasteiger partial charge in [-0.05, 0) is 36.8 Å². The minimum absolute atomic E-state index is 0.00467. The van der Waals surface area contributed by atoms with Gasteiger partial charge in [-0.1, -0.05) is 52.0 Å². The molecule has 0 saturated heterocycles. The molecule has 0 aliphatic heterocycles. The number of thioether (sulfide) groups is 1. The highest BCUT2D eigenvalue weighted by Gasteiger charge is 2.16. The predicted molar refractivity (Wildman–Crippen MR) is 122 cm³/mol. The van der Waals surface area contributed by atoms with Crippen molar-refractivity contribution in [2.24, 2.45) is 0 Å². The van der Waals surface area contributed by atoms with Gasteiger partial charge in [0.1, 0.15) is 5.82 Å². The Morgan fingerprint density at radius 1 is 1.17 bits per heavy atom. The average molecular weight is 488 g/mol. The first-order chi connectivity index (χ1) is 14.3. The largest absolute Gasteiger partial charge is 0.341 e. The van der Waals surface area contributed by atoms with Crippen LogP contribution in [0, 0.1) is 6.92 Å². The molecule has 0 atom stereocenters. The van der Waals surface area contributed by atoms with Crippen molar-refractivity contribution < 1.29 is 9.59 Å². The molecule has 2 aromatic carbocycles. The van der Waals surface area contributed by atoms with Crippen LogP contribution in [0.1, 0.15) is 18.3 Å². The highest BCUT2D eigenvalue weighted by molar-refractivity contribution is 9.10. The van der Waals surface area contributed by atoms with E-state index < -0.39 is 0 Å². The first-order valence-electron chi connectivity index (χ1n) is 9.25. The first kappa shape index (κ1) is 22.0. The zero-order chi connectivity index (χ0) is 21.7. The Morgan fingerprint density at radius 3 is 2.67 bits per heavy atom. The lowest BCUT2D eigenvalue weighted by atomic mass is 10.2. The van der Waals surface area contributed by atoms with Gasteiger partial charge in [-0.3, -0.25) is 14.2 Å². The maximum atomic E-state index is 12.6. The van der Waals surface area contributed by atoms with Crippen molar-refractivity contribution >= 4 is 45.2 Å². The van der Waals surface area contributed by atoms with Gasteiger partial charge in [-0.15, -0.1) is 10.2 Å². The number of hydrogen-bond donors (Lipinski definition) is 1. The summed E-state index contributed by atoms with van der Waals surface area (Å²) >= 11 is 4.85. The van der Waals surface area contributed by atoms with E-state index in [2.05, 4.69) is 31.4 Å². The topological polar surface area (TPSA) is 80.1 Å². The Labute approximate surface area is 188 Å². The standard InChI is InChI=1S/C21H22BrN5O2S/c1-14-24-25-21(27(14)18-9-6-8-17(11-18)23-15(2)28)30-13-20(29)26(3)12-16-7-4-5-10-19(16)22/h4-11H,12-13H2,1-3H3,(H,23,28). The summed E-state index contributed by atoms with van der Waals surface area (Å²) in [6.45, 7) is 3.84.